The smallest absolute Gasteiger partial charge is 0.0571 e. The Bertz CT molecular complexity index is 268. The third kappa shape index (κ3) is 1.75. The molecule has 0 saturated heterocycles. The third-order valence-electron chi connectivity index (χ3n) is 2.98. The first-order valence-electron chi connectivity index (χ1n) is 5.06. The van der Waals surface area contributed by atoms with Gasteiger partial charge in [0.15, 0.2) is 0 Å². The predicted molar refractivity (Wildman–Crippen MR) is 53.6 cm³/mol. The molecule has 3 unspecified atom stereocenters. The first kappa shape index (κ1) is 8.76. The van der Waals surface area contributed by atoms with Crippen molar-refractivity contribution >= 4 is 0 Å². The van der Waals surface area contributed by atoms with Crippen LogP contribution in [-0.4, -0.2) is 11.2 Å². The number of rotatable bonds is 3. The van der Waals surface area contributed by atoms with Crippen molar-refractivity contribution in [3.8, 4) is 0 Å². The Morgan fingerprint density at radius 3 is 2.69 bits per heavy atom. The fraction of sp³-hybridized carbons (Fsp3) is 0.500. The number of aliphatic hydroxyl groups is 1. The molecule has 0 bridgehead atoms. The van der Waals surface area contributed by atoms with Crippen LogP contribution in [0.5, 0.6) is 0 Å². The zero-order chi connectivity index (χ0) is 9.26. The number of aliphatic hydroxyl groups excluding tert-OH is 1. The van der Waals surface area contributed by atoms with Crippen LogP contribution in [0.2, 0.25) is 0 Å². The Labute approximate surface area is 79.4 Å². The van der Waals surface area contributed by atoms with Crippen LogP contribution < -0.4 is 0 Å². The van der Waals surface area contributed by atoms with E-state index < -0.39 is 0 Å². The van der Waals surface area contributed by atoms with Gasteiger partial charge in [0.2, 0.25) is 0 Å². The highest BCUT2D eigenvalue weighted by Crippen LogP contribution is 2.49. The maximum absolute atomic E-state index is 9.63. The van der Waals surface area contributed by atoms with Crippen molar-refractivity contribution in [2.45, 2.75) is 31.8 Å². The molecule has 0 aromatic heterocycles. The Hall–Kier alpha value is -0.820. The topological polar surface area (TPSA) is 20.2 Å². The summed E-state index contributed by atoms with van der Waals surface area (Å²) in [4.78, 5) is 0. The molecule has 1 fully saturated rings. The summed E-state index contributed by atoms with van der Waals surface area (Å²) in [6.07, 6.45) is 1.96. The lowest BCUT2D eigenvalue weighted by atomic mass is 10.1. The number of hydrogen-bond donors (Lipinski definition) is 1. The standard InChI is InChI=1S/C12H16O/c1-2-12(13)11-8-10(11)9-6-4-3-5-7-9/h3-7,10-13H,2,8H2,1H3. The van der Waals surface area contributed by atoms with Crippen LogP contribution in [-0.2, 0) is 0 Å². The molecule has 1 nitrogen and oxygen atoms in total. The Morgan fingerprint density at radius 2 is 2.08 bits per heavy atom. The van der Waals surface area contributed by atoms with E-state index in [0.717, 1.165) is 6.42 Å². The van der Waals surface area contributed by atoms with Crippen LogP contribution in [0.15, 0.2) is 30.3 Å². The highest BCUT2D eigenvalue weighted by atomic mass is 16.3. The van der Waals surface area contributed by atoms with Gasteiger partial charge in [-0.3, -0.25) is 0 Å². The molecule has 1 saturated carbocycles. The number of benzene rings is 1. The molecule has 1 aromatic carbocycles. The largest absolute Gasteiger partial charge is 0.393 e. The molecular formula is C12H16O. The average molecular weight is 176 g/mol. The van der Waals surface area contributed by atoms with Crippen LogP contribution in [0, 0.1) is 5.92 Å². The summed E-state index contributed by atoms with van der Waals surface area (Å²) in [5, 5.41) is 9.63. The maximum atomic E-state index is 9.63. The fourth-order valence-corrected chi connectivity index (χ4v) is 2.03. The summed E-state index contributed by atoms with van der Waals surface area (Å²) in [6.45, 7) is 2.05. The van der Waals surface area contributed by atoms with Crippen molar-refractivity contribution in [3.63, 3.8) is 0 Å². The molecular weight excluding hydrogens is 160 g/mol. The Morgan fingerprint density at radius 1 is 1.38 bits per heavy atom. The van der Waals surface area contributed by atoms with Crippen molar-refractivity contribution in [3.05, 3.63) is 35.9 Å². The second-order valence-electron chi connectivity index (χ2n) is 3.89. The summed E-state index contributed by atoms with van der Waals surface area (Å²) in [6, 6.07) is 10.5. The van der Waals surface area contributed by atoms with Crippen molar-refractivity contribution < 1.29 is 5.11 Å². The van der Waals surface area contributed by atoms with Gasteiger partial charge < -0.3 is 5.11 Å². The minimum atomic E-state index is -0.0924. The molecule has 3 atom stereocenters. The normalized spacial score (nSPS) is 28.5. The van der Waals surface area contributed by atoms with Crippen molar-refractivity contribution in [1.82, 2.24) is 0 Å². The minimum absolute atomic E-state index is 0.0924. The molecule has 0 radical (unpaired) electrons. The van der Waals surface area contributed by atoms with E-state index >= 15 is 0 Å². The maximum Gasteiger partial charge on any atom is 0.0571 e. The molecule has 1 aromatic rings. The fourth-order valence-electron chi connectivity index (χ4n) is 2.03. The lowest BCUT2D eigenvalue weighted by molar-refractivity contribution is 0.145. The van der Waals surface area contributed by atoms with Crippen LogP contribution in [0.25, 0.3) is 0 Å². The van der Waals surface area contributed by atoms with Crippen molar-refractivity contribution in [2.24, 2.45) is 5.92 Å². The van der Waals surface area contributed by atoms with E-state index in [1.165, 1.54) is 12.0 Å². The predicted octanol–water partition coefficient (Wildman–Crippen LogP) is 2.56. The van der Waals surface area contributed by atoms with E-state index in [4.69, 9.17) is 0 Å². The quantitative estimate of drug-likeness (QED) is 0.750. The summed E-state index contributed by atoms with van der Waals surface area (Å²) in [5.41, 5.74) is 1.39. The van der Waals surface area contributed by atoms with Crippen LogP contribution in [0.1, 0.15) is 31.2 Å². The second kappa shape index (κ2) is 3.51. The van der Waals surface area contributed by atoms with Gasteiger partial charge in [-0.05, 0) is 30.2 Å². The van der Waals surface area contributed by atoms with Gasteiger partial charge in [-0.2, -0.15) is 0 Å². The zero-order valence-corrected chi connectivity index (χ0v) is 7.98. The van der Waals surface area contributed by atoms with Gasteiger partial charge in [-0.25, -0.2) is 0 Å². The lowest BCUT2D eigenvalue weighted by Crippen LogP contribution is -2.07. The summed E-state index contributed by atoms with van der Waals surface area (Å²) in [5.74, 6) is 1.14. The molecule has 2 rings (SSSR count). The average Bonchev–Trinajstić information content (AvgIpc) is 2.98. The summed E-state index contributed by atoms with van der Waals surface area (Å²) >= 11 is 0. The van der Waals surface area contributed by atoms with Crippen LogP contribution in [0.3, 0.4) is 0 Å². The molecule has 0 aliphatic heterocycles. The van der Waals surface area contributed by atoms with E-state index in [1.807, 2.05) is 13.0 Å². The second-order valence-corrected chi connectivity index (χ2v) is 3.89. The highest BCUT2D eigenvalue weighted by Gasteiger charge is 2.42. The van der Waals surface area contributed by atoms with E-state index in [0.29, 0.717) is 11.8 Å². The van der Waals surface area contributed by atoms with E-state index in [1.54, 1.807) is 0 Å². The summed E-state index contributed by atoms with van der Waals surface area (Å²) in [7, 11) is 0. The highest BCUT2D eigenvalue weighted by molar-refractivity contribution is 5.26. The Kier molecular flexibility index (Phi) is 2.36. The van der Waals surface area contributed by atoms with Gasteiger partial charge >= 0.3 is 0 Å². The Balaban J connectivity index is 2.00. The van der Waals surface area contributed by atoms with Crippen LogP contribution >= 0.6 is 0 Å². The number of hydrogen-bond acceptors (Lipinski definition) is 1. The van der Waals surface area contributed by atoms with Crippen molar-refractivity contribution in [2.75, 3.05) is 0 Å². The summed E-state index contributed by atoms with van der Waals surface area (Å²) < 4.78 is 0. The SMILES string of the molecule is CCC(O)C1CC1c1ccccc1. The molecule has 0 amide bonds. The van der Waals surface area contributed by atoms with Gasteiger partial charge in [-0.15, -0.1) is 0 Å². The molecule has 1 aliphatic carbocycles. The minimum Gasteiger partial charge on any atom is -0.393 e. The lowest BCUT2D eigenvalue weighted by Gasteiger charge is -2.06. The first-order valence-corrected chi connectivity index (χ1v) is 5.06. The molecule has 1 aliphatic rings. The van der Waals surface area contributed by atoms with Crippen molar-refractivity contribution in [1.29, 1.82) is 0 Å². The third-order valence-corrected chi connectivity index (χ3v) is 2.98. The van der Waals surface area contributed by atoms with E-state index in [-0.39, 0.29) is 6.10 Å². The molecule has 1 N–H and O–H groups in total. The molecule has 1 heteroatoms. The van der Waals surface area contributed by atoms with Gasteiger partial charge in [-0.1, -0.05) is 37.3 Å². The molecule has 13 heavy (non-hydrogen) atoms. The first-order chi connectivity index (χ1) is 6.33. The van der Waals surface area contributed by atoms with E-state index in [9.17, 15) is 5.11 Å². The van der Waals surface area contributed by atoms with E-state index in [2.05, 4.69) is 24.3 Å². The van der Waals surface area contributed by atoms with Gasteiger partial charge in [0.1, 0.15) is 0 Å². The van der Waals surface area contributed by atoms with Gasteiger partial charge in [0.25, 0.3) is 0 Å². The molecule has 70 valence electrons. The zero-order valence-electron chi connectivity index (χ0n) is 7.98. The van der Waals surface area contributed by atoms with Crippen LogP contribution in [0.4, 0.5) is 0 Å². The van der Waals surface area contributed by atoms with Gasteiger partial charge in [0.05, 0.1) is 6.10 Å². The molecule has 0 heterocycles. The monoisotopic (exact) mass is 176 g/mol. The molecule has 0 spiro atoms. The van der Waals surface area contributed by atoms with Gasteiger partial charge in [0, 0.05) is 0 Å².